The lowest BCUT2D eigenvalue weighted by Gasteiger charge is -2.33. The van der Waals surface area contributed by atoms with Crippen molar-refractivity contribution in [3.05, 3.63) is 24.2 Å². The molecule has 0 atom stereocenters. The van der Waals surface area contributed by atoms with Crippen molar-refractivity contribution >= 4 is 23.6 Å². The second-order valence-electron chi connectivity index (χ2n) is 8.88. The van der Waals surface area contributed by atoms with Gasteiger partial charge in [0, 0.05) is 25.7 Å². The minimum atomic E-state index is 0.209. The number of rotatable bonds is 8. The lowest BCUT2D eigenvalue weighted by molar-refractivity contribution is -0.131. The Labute approximate surface area is 189 Å². The summed E-state index contributed by atoms with van der Waals surface area (Å²) in [6.45, 7) is 7.74. The first-order valence-electron chi connectivity index (χ1n) is 11.8. The van der Waals surface area contributed by atoms with Crippen LogP contribution in [0.15, 0.2) is 28.0 Å². The molecule has 0 N–H and O–H groups in total. The van der Waals surface area contributed by atoms with E-state index in [1.807, 2.05) is 12.1 Å². The van der Waals surface area contributed by atoms with E-state index in [4.69, 9.17) is 4.42 Å². The number of thioether (sulfide) groups is 1. The zero-order valence-electron chi connectivity index (χ0n) is 18.8. The van der Waals surface area contributed by atoms with Gasteiger partial charge in [-0.3, -0.25) is 9.36 Å². The Morgan fingerprint density at radius 2 is 1.97 bits per heavy atom. The van der Waals surface area contributed by atoms with Gasteiger partial charge in [-0.1, -0.05) is 37.9 Å². The van der Waals surface area contributed by atoms with Crippen molar-refractivity contribution in [2.24, 2.45) is 5.92 Å². The molecule has 1 aliphatic heterocycles. The van der Waals surface area contributed by atoms with Crippen LogP contribution in [0.25, 0.3) is 0 Å². The van der Waals surface area contributed by atoms with Crippen LogP contribution in [0, 0.1) is 5.92 Å². The SMILES string of the molecule is CCN(C(=O)CSc1nnc(N2CCC(C)CC2)n1Cc1ccco1)C1CCCCC1. The quantitative estimate of drug-likeness (QED) is 0.560. The van der Waals surface area contributed by atoms with Gasteiger partial charge in [0.25, 0.3) is 0 Å². The summed E-state index contributed by atoms with van der Waals surface area (Å²) in [5, 5.41) is 9.80. The molecule has 0 spiro atoms. The fraction of sp³-hybridized carbons (Fsp3) is 0.696. The van der Waals surface area contributed by atoms with Crippen LogP contribution in [0.2, 0.25) is 0 Å². The van der Waals surface area contributed by atoms with Crippen molar-refractivity contribution in [1.82, 2.24) is 19.7 Å². The molecule has 2 aromatic rings. The van der Waals surface area contributed by atoms with Gasteiger partial charge in [-0.15, -0.1) is 10.2 Å². The molecule has 1 amide bonds. The van der Waals surface area contributed by atoms with E-state index < -0.39 is 0 Å². The molecule has 2 fully saturated rings. The Balaban J connectivity index is 1.47. The smallest absolute Gasteiger partial charge is 0.233 e. The van der Waals surface area contributed by atoms with Gasteiger partial charge in [0.1, 0.15) is 5.76 Å². The number of furan rings is 1. The predicted octanol–water partition coefficient (Wildman–Crippen LogP) is 4.43. The molecule has 170 valence electrons. The van der Waals surface area contributed by atoms with E-state index in [2.05, 4.69) is 38.4 Å². The summed E-state index contributed by atoms with van der Waals surface area (Å²) in [5.41, 5.74) is 0. The highest BCUT2D eigenvalue weighted by atomic mass is 32.2. The van der Waals surface area contributed by atoms with E-state index in [1.54, 1.807) is 6.26 Å². The Kier molecular flexibility index (Phi) is 7.58. The van der Waals surface area contributed by atoms with Gasteiger partial charge < -0.3 is 14.2 Å². The molecule has 4 rings (SSSR count). The van der Waals surface area contributed by atoms with E-state index in [1.165, 1.54) is 43.9 Å². The molecule has 0 unspecified atom stereocenters. The summed E-state index contributed by atoms with van der Waals surface area (Å²) in [6, 6.07) is 4.28. The van der Waals surface area contributed by atoms with Gasteiger partial charge in [0.05, 0.1) is 18.6 Å². The number of carbonyl (C=O) groups excluding carboxylic acids is 1. The van der Waals surface area contributed by atoms with Gasteiger partial charge in [-0.2, -0.15) is 0 Å². The zero-order chi connectivity index (χ0) is 21.6. The molecule has 3 heterocycles. The lowest BCUT2D eigenvalue weighted by atomic mass is 9.94. The van der Waals surface area contributed by atoms with Crippen molar-refractivity contribution in [2.45, 2.75) is 76.5 Å². The van der Waals surface area contributed by atoms with Crippen molar-refractivity contribution in [3.63, 3.8) is 0 Å². The van der Waals surface area contributed by atoms with E-state index in [0.29, 0.717) is 18.3 Å². The first kappa shape index (κ1) is 22.2. The van der Waals surface area contributed by atoms with E-state index >= 15 is 0 Å². The van der Waals surface area contributed by atoms with Gasteiger partial charge in [0.2, 0.25) is 11.9 Å². The van der Waals surface area contributed by atoms with Crippen LogP contribution >= 0.6 is 11.8 Å². The molecule has 0 aromatic carbocycles. The van der Waals surface area contributed by atoms with E-state index in [-0.39, 0.29) is 5.91 Å². The standard InChI is InChI=1S/C23H35N5O2S/c1-3-27(19-8-5-4-6-9-19)21(29)17-31-23-25-24-22(26-13-11-18(2)12-14-26)28(23)16-20-10-7-15-30-20/h7,10,15,18-19H,3-6,8-9,11-14,16-17H2,1-2H3. The van der Waals surface area contributed by atoms with Crippen molar-refractivity contribution in [2.75, 3.05) is 30.3 Å². The summed E-state index contributed by atoms with van der Waals surface area (Å²) in [5.74, 6) is 3.12. The Hall–Kier alpha value is -1.96. The molecule has 1 saturated heterocycles. The first-order valence-corrected chi connectivity index (χ1v) is 12.8. The van der Waals surface area contributed by atoms with Crippen LogP contribution < -0.4 is 4.90 Å². The monoisotopic (exact) mass is 445 g/mol. The molecular weight excluding hydrogens is 410 g/mol. The minimum absolute atomic E-state index is 0.209. The molecule has 7 nitrogen and oxygen atoms in total. The number of hydrogen-bond acceptors (Lipinski definition) is 6. The van der Waals surface area contributed by atoms with Crippen molar-refractivity contribution < 1.29 is 9.21 Å². The normalized spacial score (nSPS) is 18.5. The number of aromatic nitrogens is 3. The average Bonchev–Trinajstić information content (AvgIpc) is 3.45. The topological polar surface area (TPSA) is 67.4 Å². The predicted molar refractivity (Wildman–Crippen MR) is 123 cm³/mol. The van der Waals surface area contributed by atoms with Crippen LogP contribution in [0.4, 0.5) is 5.95 Å². The number of hydrogen-bond donors (Lipinski definition) is 0. The maximum absolute atomic E-state index is 13.0. The van der Waals surface area contributed by atoms with Gasteiger partial charge in [-0.25, -0.2) is 0 Å². The number of piperidine rings is 1. The fourth-order valence-corrected chi connectivity index (χ4v) is 5.59. The summed E-state index contributed by atoms with van der Waals surface area (Å²) in [6.07, 6.45) is 10.1. The summed E-state index contributed by atoms with van der Waals surface area (Å²) < 4.78 is 7.72. The Morgan fingerprint density at radius 3 is 2.65 bits per heavy atom. The molecule has 0 bridgehead atoms. The number of amides is 1. The van der Waals surface area contributed by atoms with Gasteiger partial charge >= 0.3 is 0 Å². The van der Waals surface area contributed by atoms with Crippen LogP contribution in [-0.4, -0.2) is 57.0 Å². The van der Waals surface area contributed by atoms with Gasteiger partial charge in [-0.05, 0) is 50.7 Å². The Bertz CT molecular complexity index is 823. The second kappa shape index (κ2) is 10.6. The summed E-state index contributed by atoms with van der Waals surface area (Å²) in [7, 11) is 0. The highest BCUT2D eigenvalue weighted by Gasteiger charge is 2.26. The Morgan fingerprint density at radius 1 is 1.19 bits per heavy atom. The third kappa shape index (κ3) is 5.45. The maximum Gasteiger partial charge on any atom is 0.233 e. The van der Waals surface area contributed by atoms with Crippen LogP contribution in [-0.2, 0) is 11.3 Å². The van der Waals surface area contributed by atoms with E-state index in [0.717, 1.165) is 55.3 Å². The van der Waals surface area contributed by atoms with Gasteiger partial charge in [0.15, 0.2) is 5.16 Å². The molecule has 0 radical (unpaired) electrons. The van der Waals surface area contributed by atoms with Crippen LogP contribution in [0.3, 0.4) is 0 Å². The lowest BCUT2D eigenvalue weighted by Crippen LogP contribution is -2.42. The highest BCUT2D eigenvalue weighted by molar-refractivity contribution is 7.99. The third-order valence-corrected chi connectivity index (χ3v) is 7.61. The zero-order valence-corrected chi connectivity index (χ0v) is 19.6. The maximum atomic E-state index is 13.0. The molecular formula is C23H35N5O2S. The summed E-state index contributed by atoms with van der Waals surface area (Å²) >= 11 is 1.50. The van der Waals surface area contributed by atoms with E-state index in [9.17, 15) is 4.79 Å². The molecule has 2 aromatic heterocycles. The number of carbonyl (C=O) groups is 1. The van der Waals surface area contributed by atoms with Crippen LogP contribution in [0.5, 0.6) is 0 Å². The van der Waals surface area contributed by atoms with Crippen molar-refractivity contribution in [1.29, 1.82) is 0 Å². The fourth-order valence-electron chi connectivity index (χ4n) is 4.77. The first-order chi connectivity index (χ1) is 15.2. The largest absolute Gasteiger partial charge is 0.467 e. The molecule has 1 saturated carbocycles. The third-order valence-electron chi connectivity index (χ3n) is 6.66. The van der Waals surface area contributed by atoms with Crippen LogP contribution in [0.1, 0.15) is 64.6 Å². The molecule has 8 heteroatoms. The molecule has 31 heavy (non-hydrogen) atoms. The average molecular weight is 446 g/mol. The number of anilines is 1. The second-order valence-corrected chi connectivity index (χ2v) is 9.82. The molecule has 2 aliphatic rings. The minimum Gasteiger partial charge on any atom is -0.467 e. The highest BCUT2D eigenvalue weighted by Crippen LogP contribution is 2.28. The number of nitrogens with zero attached hydrogens (tertiary/aromatic N) is 5. The molecule has 1 aliphatic carbocycles. The van der Waals surface area contributed by atoms with Crippen molar-refractivity contribution in [3.8, 4) is 0 Å². The summed E-state index contributed by atoms with van der Waals surface area (Å²) in [4.78, 5) is 17.4.